The predicted octanol–water partition coefficient (Wildman–Crippen LogP) is 4.96. The van der Waals surface area contributed by atoms with Gasteiger partial charge in [0.25, 0.3) is 0 Å². The third-order valence-corrected chi connectivity index (χ3v) is 5.15. The Hall–Kier alpha value is -1.75. The number of benzene rings is 2. The molecule has 0 aliphatic carbocycles. The Labute approximate surface area is 164 Å². The molecule has 0 spiro atoms. The molecule has 1 aliphatic heterocycles. The van der Waals surface area contributed by atoms with Crippen LogP contribution in [0.15, 0.2) is 41.4 Å². The Bertz CT molecular complexity index is 789. The number of aromatic hydroxyl groups is 1. The second kappa shape index (κ2) is 8.76. The molecule has 1 N–H and O–H groups in total. The summed E-state index contributed by atoms with van der Waals surface area (Å²) in [5.74, 6) is 0.864. The summed E-state index contributed by atoms with van der Waals surface area (Å²) in [5, 5.41) is 10.8. The monoisotopic (exact) mass is 392 g/mol. The number of para-hydroxylation sites is 1. The first-order valence-corrected chi connectivity index (χ1v) is 9.40. The van der Waals surface area contributed by atoms with Crippen LogP contribution >= 0.6 is 23.2 Å². The number of phenols is 1. The highest BCUT2D eigenvalue weighted by Crippen LogP contribution is 2.33. The van der Waals surface area contributed by atoms with E-state index in [-0.39, 0.29) is 16.8 Å². The van der Waals surface area contributed by atoms with E-state index in [1.807, 2.05) is 18.2 Å². The maximum atomic E-state index is 10.1. The van der Waals surface area contributed by atoms with Crippen LogP contribution in [0.2, 0.25) is 10.0 Å². The summed E-state index contributed by atoms with van der Waals surface area (Å²) in [6, 6.07) is 11.3. The molecule has 26 heavy (non-hydrogen) atoms. The van der Waals surface area contributed by atoms with Gasteiger partial charge in [-0.05, 0) is 44.1 Å². The number of aliphatic imine (C=N–C) groups is 1. The van der Waals surface area contributed by atoms with E-state index in [2.05, 4.69) is 16.0 Å². The lowest BCUT2D eigenvalue weighted by Gasteiger charge is -2.27. The van der Waals surface area contributed by atoms with E-state index < -0.39 is 0 Å². The molecule has 138 valence electrons. The van der Waals surface area contributed by atoms with Gasteiger partial charge in [-0.3, -0.25) is 9.89 Å². The molecule has 4 nitrogen and oxygen atoms in total. The minimum atomic E-state index is -0.00479. The maximum absolute atomic E-state index is 10.1. The molecule has 0 radical (unpaired) electrons. The lowest BCUT2D eigenvalue weighted by atomic mass is 10.0. The summed E-state index contributed by atoms with van der Waals surface area (Å²) in [4.78, 5) is 7.01. The quantitative estimate of drug-likeness (QED) is 0.706. The van der Waals surface area contributed by atoms with Gasteiger partial charge in [-0.25, -0.2) is 0 Å². The van der Waals surface area contributed by atoms with Gasteiger partial charge in [0.15, 0.2) is 0 Å². The van der Waals surface area contributed by atoms with E-state index in [9.17, 15) is 5.11 Å². The molecule has 0 aromatic heterocycles. The molecular weight excluding hydrogens is 371 g/mol. The third-order valence-electron chi connectivity index (χ3n) is 4.65. The zero-order chi connectivity index (χ0) is 18.5. The molecule has 0 unspecified atom stereocenters. The average Bonchev–Trinajstić information content (AvgIpc) is 3.17. The number of nitrogens with zero attached hydrogens (tertiary/aromatic N) is 2. The number of hydrogen-bond donors (Lipinski definition) is 1. The van der Waals surface area contributed by atoms with Gasteiger partial charge in [0.05, 0.1) is 24.7 Å². The van der Waals surface area contributed by atoms with Crippen LogP contribution in [0, 0.1) is 0 Å². The van der Waals surface area contributed by atoms with Crippen molar-refractivity contribution in [2.24, 2.45) is 4.99 Å². The Kier molecular flexibility index (Phi) is 6.41. The molecule has 1 heterocycles. The van der Waals surface area contributed by atoms with Crippen molar-refractivity contribution in [1.82, 2.24) is 4.90 Å². The average molecular weight is 393 g/mol. The van der Waals surface area contributed by atoms with Gasteiger partial charge in [-0.1, -0.05) is 41.4 Å². The van der Waals surface area contributed by atoms with Crippen molar-refractivity contribution in [3.05, 3.63) is 57.6 Å². The predicted molar refractivity (Wildman–Crippen MR) is 107 cm³/mol. The molecule has 0 bridgehead atoms. The summed E-state index contributed by atoms with van der Waals surface area (Å²) < 4.78 is 5.55. The Morgan fingerprint density at radius 1 is 1.23 bits per heavy atom. The van der Waals surface area contributed by atoms with Gasteiger partial charge >= 0.3 is 0 Å². The normalized spacial score (nSPS) is 16.3. The van der Waals surface area contributed by atoms with Crippen molar-refractivity contribution in [3.8, 4) is 11.5 Å². The summed E-state index contributed by atoms with van der Waals surface area (Å²) >= 11 is 12.0. The van der Waals surface area contributed by atoms with Gasteiger partial charge in [-0.15, -0.1) is 0 Å². The fourth-order valence-electron chi connectivity index (χ4n) is 3.34. The maximum Gasteiger partial charge on any atom is 0.143 e. The molecule has 6 heteroatoms. The summed E-state index contributed by atoms with van der Waals surface area (Å²) in [6.45, 7) is 2.66. The topological polar surface area (TPSA) is 45.1 Å². The highest BCUT2D eigenvalue weighted by atomic mass is 35.5. The second-order valence-corrected chi connectivity index (χ2v) is 7.16. The molecule has 1 saturated heterocycles. The Balaban J connectivity index is 1.85. The molecule has 2 aromatic rings. The van der Waals surface area contributed by atoms with Crippen LogP contribution in [-0.4, -0.2) is 43.0 Å². The highest BCUT2D eigenvalue weighted by Gasteiger charge is 2.25. The van der Waals surface area contributed by atoms with Gasteiger partial charge in [-0.2, -0.15) is 0 Å². The smallest absolute Gasteiger partial charge is 0.143 e. The first kappa shape index (κ1) is 19.0. The van der Waals surface area contributed by atoms with Crippen LogP contribution in [0.3, 0.4) is 0 Å². The zero-order valence-corrected chi connectivity index (χ0v) is 16.2. The molecule has 1 fully saturated rings. The van der Waals surface area contributed by atoms with Crippen LogP contribution in [0.1, 0.15) is 30.0 Å². The summed E-state index contributed by atoms with van der Waals surface area (Å²) in [5.41, 5.74) is 1.64. The van der Waals surface area contributed by atoms with Crippen LogP contribution in [0.5, 0.6) is 11.5 Å². The first-order chi connectivity index (χ1) is 12.6. The Morgan fingerprint density at radius 3 is 2.69 bits per heavy atom. The molecule has 3 rings (SSSR count). The number of methoxy groups -OCH3 is 1. The first-order valence-electron chi connectivity index (χ1n) is 8.65. The Morgan fingerprint density at radius 2 is 1.96 bits per heavy atom. The van der Waals surface area contributed by atoms with E-state index in [1.54, 1.807) is 19.4 Å². The molecule has 1 atom stereocenters. The van der Waals surface area contributed by atoms with Crippen molar-refractivity contribution in [3.63, 3.8) is 0 Å². The van der Waals surface area contributed by atoms with E-state index in [1.165, 1.54) is 18.9 Å². The largest absolute Gasteiger partial charge is 0.506 e. The molecule has 0 amide bonds. The number of ether oxygens (including phenoxy) is 1. The summed E-state index contributed by atoms with van der Waals surface area (Å²) in [6.07, 6.45) is 4.02. The summed E-state index contributed by atoms with van der Waals surface area (Å²) in [7, 11) is 1.69. The number of phenolic OH excluding ortho intramolecular Hbond substituents is 1. The lowest BCUT2D eigenvalue weighted by molar-refractivity contribution is 0.246. The lowest BCUT2D eigenvalue weighted by Crippen LogP contribution is -2.28. The zero-order valence-electron chi connectivity index (χ0n) is 14.7. The second-order valence-electron chi connectivity index (χ2n) is 6.32. The molecular formula is C20H22Cl2N2O2. The molecule has 1 aliphatic rings. The van der Waals surface area contributed by atoms with Gasteiger partial charge in [0.1, 0.15) is 11.5 Å². The number of likely N-dealkylation sites (tertiary alicyclic amines) is 1. The van der Waals surface area contributed by atoms with Gasteiger partial charge < -0.3 is 9.84 Å². The standard InChI is InChI=1S/C20H22Cl2N2O2/c1-26-19-7-3-2-6-16(19)18(24-8-4-5-9-24)13-23-12-14-10-15(21)11-17(22)20(14)25/h2-3,6-7,10-12,18,25H,4-5,8-9,13H2,1H3/t18-/m1/s1. The van der Waals surface area contributed by atoms with E-state index in [4.69, 9.17) is 27.9 Å². The van der Waals surface area contributed by atoms with E-state index in [0.717, 1.165) is 24.4 Å². The van der Waals surface area contributed by atoms with Crippen LogP contribution in [0.4, 0.5) is 0 Å². The van der Waals surface area contributed by atoms with Crippen molar-refractivity contribution in [2.45, 2.75) is 18.9 Å². The third kappa shape index (κ3) is 4.32. The van der Waals surface area contributed by atoms with Crippen LogP contribution in [0.25, 0.3) is 0 Å². The SMILES string of the molecule is COc1ccccc1[C@@H](CN=Cc1cc(Cl)cc(Cl)c1O)N1CCCC1. The fraction of sp³-hybridized carbons (Fsp3) is 0.350. The van der Waals surface area contributed by atoms with Crippen molar-refractivity contribution >= 4 is 29.4 Å². The van der Waals surface area contributed by atoms with Crippen molar-refractivity contribution in [1.29, 1.82) is 0 Å². The molecule has 2 aromatic carbocycles. The van der Waals surface area contributed by atoms with Gasteiger partial charge in [0.2, 0.25) is 0 Å². The minimum absolute atomic E-state index is 0.00479. The molecule has 0 saturated carbocycles. The van der Waals surface area contributed by atoms with Crippen molar-refractivity contribution < 1.29 is 9.84 Å². The highest BCUT2D eigenvalue weighted by molar-refractivity contribution is 6.36. The van der Waals surface area contributed by atoms with Crippen LogP contribution in [-0.2, 0) is 0 Å². The van der Waals surface area contributed by atoms with Gasteiger partial charge in [0, 0.05) is 22.4 Å². The fourth-order valence-corrected chi connectivity index (χ4v) is 3.85. The number of halogens is 2. The van der Waals surface area contributed by atoms with Crippen LogP contribution < -0.4 is 4.74 Å². The van der Waals surface area contributed by atoms with Crippen molar-refractivity contribution in [2.75, 3.05) is 26.7 Å². The van der Waals surface area contributed by atoms with E-state index >= 15 is 0 Å². The van der Waals surface area contributed by atoms with E-state index in [0.29, 0.717) is 17.1 Å². The number of rotatable bonds is 6. The minimum Gasteiger partial charge on any atom is -0.506 e. The number of hydrogen-bond acceptors (Lipinski definition) is 4.